The third kappa shape index (κ3) is 4.37. The van der Waals surface area contributed by atoms with Gasteiger partial charge in [0.25, 0.3) is 0 Å². The predicted molar refractivity (Wildman–Crippen MR) is 114 cm³/mol. The van der Waals surface area contributed by atoms with Gasteiger partial charge in [0.05, 0.1) is 5.75 Å². The van der Waals surface area contributed by atoms with E-state index in [0.29, 0.717) is 5.75 Å². The van der Waals surface area contributed by atoms with Crippen LogP contribution in [0.5, 0.6) is 0 Å². The van der Waals surface area contributed by atoms with Crippen LogP contribution < -0.4 is 5.32 Å². The van der Waals surface area contributed by atoms with Gasteiger partial charge in [-0.05, 0) is 41.0 Å². The van der Waals surface area contributed by atoms with E-state index in [4.69, 9.17) is 4.42 Å². The monoisotopic (exact) mass is 453 g/mol. The maximum absolute atomic E-state index is 12.8. The first-order chi connectivity index (χ1) is 13.7. The number of aromatic nitrogens is 2. The van der Waals surface area contributed by atoms with E-state index in [-0.39, 0.29) is 11.2 Å². The highest BCUT2D eigenvalue weighted by atomic mass is 79.9. The molecule has 4 aromatic rings. The van der Waals surface area contributed by atoms with Gasteiger partial charge in [-0.2, -0.15) is 0 Å². The summed E-state index contributed by atoms with van der Waals surface area (Å²) in [6, 6.07) is 25.7. The number of nitrogens with one attached hydrogen (secondary N) is 1. The number of nitrogens with zero attached hydrogens (tertiary/aromatic N) is 2. The van der Waals surface area contributed by atoms with Crippen molar-refractivity contribution in [3.05, 3.63) is 88.9 Å². The Kier molecular flexibility index (Phi) is 5.64. The Hall–Kier alpha value is -2.77. The Morgan fingerprint density at radius 2 is 1.61 bits per heavy atom. The van der Waals surface area contributed by atoms with Gasteiger partial charge in [-0.25, -0.2) is 4.21 Å². The van der Waals surface area contributed by atoms with Crippen molar-refractivity contribution in [3.8, 4) is 11.1 Å². The molecule has 1 unspecified atom stereocenters. The summed E-state index contributed by atoms with van der Waals surface area (Å²) in [5.74, 6) is 0.297. The molecule has 0 aliphatic heterocycles. The fraction of sp³-hybridized carbons (Fsp3) is 0.0476. The lowest BCUT2D eigenvalue weighted by atomic mass is 10.0. The molecule has 28 heavy (non-hydrogen) atoms. The molecular weight excluding hydrogens is 438 g/mol. The van der Waals surface area contributed by atoms with E-state index >= 15 is 0 Å². The maximum atomic E-state index is 12.8. The summed E-state index contributed by atoms with van der Waals surface area (Å²) in [5.41, 5.74) is 3.90. The van der Waals surface area contributed by atoms with E-state index in [1.807, 2.05) is 78.9 Å². The molecule has 0 amide bonds. The van der Waals surface area contributed by atoms with Crippen LogP contribution in [0, 0.1) is 0 Å². The zero-order valence-corrected chi connectivity index (χ0v) is 17.1. The number of halogens is 1. The predicted octanol–water partition coefficient (Wildman–Crippen LogP) is 5.55. The summed E-state index contributed by atoms with van der Waals surface area (Å²) in [6.07, 6.45) is 0. The quantitative estimate of drug-likeness (QED) is 0.414. The summed E-state index contributed by atoms with van der Waals surface area (Å²) >= 11 is 3.39. The fourth-order valence-corrected chi connectivity index (χ4v) is 3.98. The molecule has 3 aromatic carbocycles. The van der Waals surface area contributed by atoms with Crippen molar-refractivity contribution in [2.45, 2.75) is 11.0 Å². The van der Waals surface area contributed by atoms with E-state index in [1.54, 1.807) is 0 Å². The molecule has 0 bridgehead atoms. The van der Waals surface area contributed by atoms with E-state index < -0.39 is 10.8 Å². The lowest BCUT2D eigenvalue weighted by Gasteiger charge is -2.08. The Morgan fingerprint density at radius 1 is 0.893 bits per heavy atom. The van der Waals surface area contributed by atoms with Crippen LogP contribution >= 0.6 is 15.9 Å². The van der Waals surface area contributed by atoms with Crippen LogP contribution in [-0.4, -0.2) is 14.4 Å². The van der Waals surface area contributed by atoms with Gasteiger partial charge in [0.15, 0.2) is 0 Å². The van der Waals surface area contributed by atoms with Crippen molar-refractivity contribution in [1.82, 2.24) is 10.2 Å². The van der Waals surface area contributed by atoms with Gasteiger partial charge < -0.3 is 9.73 Å². The number of hydrogen-bond acceptors (Lipinski definition) is 5. The molecule has 0 spiro atoms. The Labute approximate surface area is 173 Å². The first kappa shape index (κ1) is 18.6. The molecule has 5 nitrogen and oxygen atoms in total. The molecule has 7 heteroatoms. The Balaban J connectivity index is 1.51. The second kappa shape index (κ2) is 8.50. The molecule has 0 saturated heterocycles. The average molecular weight is 454 g/mol. The highest BCUT2D eigenvalue weighted by Crippen LogP contribution is 2.26. The molecule has 1 atom stereocenters. The molecule has 4 rings (SSSR count). The third-order valence-corrected chi connectivity index (χ3v) is 5.74. The van der Waals surface area contributed by atoms with E-state index in [0.717, 1.165) is 26.9 Å². The first-order valence-corrected chi connectivity index (χ1v) is 10.7. The van der Waals surface area contributed by atoms with Gasteiger partial charge in [-0.1, -0.05) is 80.7 Å². The van der Waals surface area contributed by atoms with Crippen LogP contribution in [0.1, 0.15) is 5.56 Å². The zero-order valence-electron chi connectivity index (χ0n) is 14.7. The zero-order chi connectivity index (χ0) is 19.3. The molecule has 0 aliphatic rings. The molecule has 0 radical (unpaired) electrons. The lowest BCUT2D eigenvalue weighted by Crippen LogP contribution is -1.99. The first-order valence-electron chi connectivity index (χ1n) is 8.57. The van der Waals surface area contributed by atoms with Crippen molar-refractivity contribution < 1.29 is 8.63 Å². The summed E-state index contributed by atoms with van der Waals surface area (Å²) in [6.45, 7) is 0. The number of anilines is 2. The van der Waals surface area contributed by atoms with E-state index in [2.05, 4.69) is 31.4 Å². The average Bonchev–Trinajstić information content (AvgIpc) is 3.19. The van der Waals surface area contributed by atoms with Crippen molar-refractivity contribution >= 4 is 38.4 Å². The minimum Gasteiger partial charge on any atom is -0.396 e. The van der Waals surface area contributed by atoms with Crippen LogP contribution in [-0.2, 0) is 16.6 Å². The largest absolute Gasteiger partial charge is 0.396 e. The normalized spacial score (nSPS) is 11.9. The maximum Gasteiger partial charge on any atom is 0.320 e. The Bertz CT molecular complexity index is 1100. The van der Waals surface area contributed by atoms with Crippen LogP contribution in [0.3, 0.4) is 0 Å². The van der Waals surface area contributed by atoms with Gasteiger partial charge in [0, 0.05) is 10.2 Å². The van der Waals surface area contributed by atoms with E-state index in [9.17, 15) is 4.21 Å². The van der Waals surface area contributed by atoms with Crippen molar-refractivity contribution in [2.75, 3.05) is 5.32 Å². The number of benzene rings is 3. The van der Waals surface area contributed by atoms with Crippen molar-refractivity contribution in [3.63, 3.8) is 0 Å². The summed E-state index contributed by atoms with van der Waals surface area (Å²) in [5, 5.41) is 11.0. The summed E-state index contributed by atoms with van der Waals surface area (Å²) in [7, 11) is -1.45. The molecular formula is C21H16BrN3O2S. The topological polar surface area (TPSA) is 68.0 Å². The molecule has 1 N–H and O–H groups in total. The SMILES string of the molecule is O=S(Cc1ccccc1-c1ccccc1)c1nnc(Nc2ccc(Br)cc2)o1. The smallest absolute Gasteiger partial charge is 0.320 e. The van der Waals surface area contributed by atoms with Gasteiger partial charge in [0.1, 0.15) is 10.8 Å². The second-order valence-electron chi connectivity index (χ2n) is 6.02. The van der Waals surface area contributed by atoms with Gasteiger partial charge in [-0.3, -0.25) is 0 Å². The molecule has 1 heterocycles. The lowest BCUT2D eigenvalue weighted by molar-refractivity contribution is 0.458. The van der Waals surface area contributed by atoms with Gasteiger partial charge >= 0.3 is 11.2 Å². The summed E-state index contributed by atoms with van der Waals surface area (Å²) < 4.78 is 19.3. The van der Waals surface area contributed by atoms with Gasteiger partial charge in [-0.15, -0.1) is 0 Å². The van der Waals surface area contributed by atoms with Crippen LogP contribution in [0.25, 0.3) is 11.1 Å². The van der Waals surface area contributed by atoms with Crippen LogP contribution in [0.2, 0.25) is 0 Å². The molecule has 0 aliphatic carbocycles. The summed E-state index contributed by atoms with van der Waals surface area (Å²) in [4.78, 5) is 0. The fourth-order valence-electron chi connectivity index (χ4n) is 2.76. The minimum atomic E-state index is -1.45. The molecule has 0 saturated carbocycles. The highest BCUT2D eigenvalue weighted by Gasteiger charge is 2.16. The highest BCUT2D eigenvalue weighted by molar-refractivity contribution is 9.10. The molecule has 140 valence electrons. The van der Waals surface area contributed by atoms with E-state index in [1.165, 1.54) is 0 Å². The molecule has 0 fully saturated rings. The van der Waals surface area contributed by atoms with Crippen molar-refractivity contribution in [2.24, 2.45) is 0 Å². The minimum absolute atomic E-state index is 0.0995. The number of hydrogen-bond donors (Lipinski definition) is 1. The standard InChI is InChI=1S/C21H16BrN3O2S/c22-17-10-12-18(13-11-17)23-20-24-25-21(27-20)28(26)14-16-8-4-5-9-19(16)15-6-2-1-3-7-15/h1-13H,14H2,(H,23,24). The van der Waals surface area contributed by atoms with Gasteiger partial charge in [0.2, 0.25) is 0 Å². The third-order valence-electron chi connectivity index (χ3n) is 4.09. The Morgan fingerprint density at radius 3 is 2.39 bits per heavy atom. The van der Waals surface area contributed by atoms with Crippen LogP contribution in [0.15, 0.2) is 93.0 Å². The molecule has 1 aromatic heterocycles. The number of rotatable bonds is 6. The van der Waals surface area contributed by atoms with Crippen molar-refractivity contribution in [1.29, 1.82) is 0 Å². The second-order valence-corrected chi connectivity index (χ2v) is 8.26. The van der Waals surface area contributed by atoms with Crippen LogP contribution in [0.4, 0.5) is 11.7 Å².